The molecule has 1 N–H and O–H groups in total. The van der Waals surface area contributed by atoms with Crippen molar-refractivity contribution >= 4 is 11.6 Å². The second kappa shape index (κ2) is 3.59. The summed E-state index contributed by atoms with van der Waals surface area (Å²) in [5, 5.41) is 3.16. The lowest BCUT2D eigenvalue weighted by molar-refractivity contribution is 0.913. The van der Waals surface area contributed by atoms with Gasteiger partial charge in [0.2, 0.25) is 0 Å². The Morgan fingerprint density at radius 2 is 2.12 bits per heavy atom. The number of imidazole rings is 1. The topological polar surface area (TPSA) is 55.6 Å². The van der Waals surface area contributed by atoms with Gasteiger partial charge in [0.15, 0.2) is 0 Å². The summed E-state index contributed by atoms with van der Waals surface area (Å²) >= 11 is 0. The molecule has 0 aliphatic heterocycles. The Hall–Kier alpha value is -1.91. The fraction of sp³-hybridized carbons (Fsp3) is 0.364. The highest BCUT2D eigenvalue weighted by atomic mass is 15.1. The molecule has 0 spiro atoms. The zero-order chi connectivity index (χ0) is 11.0. The van der Waals surface area contributed by atoms with Crippen molar-refractivity contribution in [1.29, 1.82) is 0 Å². The van der Waals surface area contributed by atoms with Gasteiger partial charge >= 0.3 is 0 Å². The van der Waals surface area contributed by atoms with Crippen LogP contribution in [-0.4, -0.2) is 19.5 Å². The molecule has 0 amide bonds. The second-order valence-electron chi connectivity index (χ2n) is 4.15. The SMILES string of the molecule is Cn1cnc(Nc2cc(C3CC3)ncn2)c1. The van der Waals surface area contributed by atoms with Gasteiger partial charge in [-0.15, -0.1) is 0 Å². The van der Waals surface area contributed by atoms with E-state index in [4.69, 9.17) is 0 Å². The van der Waals surface area contributed by atoms with E-state index < -0.39 is 0 Å². The Morgan fingerprint density at radius 1 is 1.25 bits per heavy atom. The van der Waals surface area contributed by atoms with E-state index in [-0.39, 0.29) is 0 Å². The number of rotatable bonds is 3. The third-order valence-electron chi connectivity index (χ3n) is 2.64. The maximum atomic E-state index is 4.27. The molecule has 2 aromatic rings. The van der Waals surface area contributed by atoms with E-state index in [2.05, 4.69) is 20.3 Å². The summed E-state index contributed by atoms with van der Waals surface area (Å²) in [4.78, 5) is 12.6. The molecular formula is C11H13N5. The smallest absolute Gasteiger partial charge is 0.149 e. The van der Waals surface area contributed by atoms with Crippen LogP contribution in [0.1, 0.15) is 24.5 Å². The Morgan fingerprint density at radius 3 is 2.81 bits per heavy atom. The summed E-state index contributed by atoms with van der Waals surface area (Å²) in [6.45, 7) is 0. The molecule has 82 valence electrons. The van der Waals surface area contributed by atoms with E-state index >= 15 is 0 Å². The molecule has 0 saturated heterocycles. The zero-order valence-corrected chi connectivity index (χ0v) is 9.09. The van der Waals surface area contributed by atoms with Gasteiger partial charge in [-0.1, -0.05) is 0 Å². The fourth-order valence-electron chi connectivity index (χ4n) is 1.65. The summed E-state index contributed by atoms with van der Waals surface area (Å²) < 4.78 is 1.89. The first-order valence-electron chi connectivity index (χ1n) is 5.38. The van der Waals surface area contributed by atoms with Crippen molar-refractivity contribution in [2.45, 2.75) is 18.8 Å². The lowest BCUT2D eigenvalue weighted by Gasteiger charge is -2.03. The van der Waals surface area contributed by atoms with Crippen molar-refractivity contribution in [3.63, 3.8) is 0 Å². The van der Waals surface area contributed by atoms with Crippen molar-refractivity contribution in [2.24, 2.45) is 7.05 Å². The van der Waals surface area contributed by atoms with Gasteiger partial charge in [0.1, 0.15) is 18.0 Å². The molecule has 0 radical (unpaired) electrons. The molecule has 1 aliphatic rings. The molecule has 0 bridgehead atoms. The monoisotopic (exact) mass is 215 g/mol. The summed E-state index contributed by atoms with van der Waals surface area (Å²) in [5.74, 6) is 2.27. The lowest BCUT2D eigenvalue weighted by Crippen LogP contribution is -1.96. The standard InChI is InChI=1S/C11H13N5/c1-16-5-11(14-7-16)15-10-4-9(8-2-3-8)12-6-13-10/h4-8H,2-3H2,1H3,(H,12,13,15). The first kappa shape index (κ1) is 9.33. The van der Waals surface area contributed by atoms with Gasteiger partial charge < -0.3 is 9.88 Å². The van der Waals surface area contributed by atoms with Crippen molar-refractivity contribution in [3.05, 3.63) is 30.6 Å². The average molecular weight is 215 g/mol. The van der Waals surface area contributed by atoms with Gasteiger partial charge in [0, 0.05) is 30.9 Å². The Bertz CT molecular complexity index is 501. The van der Waals surface area contributed by atoms with Crippen LogP contribution < -0.4 is 5.32 Å². The number of hydrogen-bond donors (Lipinski definition) is 1. The third-order valence-corrected chi connectivity index (χ3v) is 2.64. The number of anilines is 2. The average Bonchev–Trinajstić information content (AvgIpc) is 3.05. The molecule has 1 aliphatic carbocycles. The molecule has 2 heterocycles. The number of nitrogens with one attached hydrogen (secondary N) is 1. The molecule has 0 atom stereocenters. The molecule has 1 fully saturated rings. The molecule has 16 heavy (non-hydrogen) atoms. The van der Waals surface area contributed by atoms with E-state index in [9.17, 15) is 0 Å². The molecule has 0 aromatic carbocycles. The maximum Gasteiger partial charge on any atom is 0.149 e. The highest BCUT2D eigenvalue weighted by molar-refractivity contribution is 5.50. The Labute approximate surface area is 93.6 Å². The van der Waals surface area contributed by atoms with E-state index in [1.165, 1.54) is 12.8 Å². The van der Waals surface area contributed by atoms with Gasteiger partial charge in [0.05, 0.1) is 6.33 Å². The molecule has 3 rings (SSSR count). The van der Waals surface area contributed by atoms with Crippen LogP contribution >= 0.6 is 0 Å². The molecule has 5 nitrogen and oxygen atoms in total. The predicted octanol–water partition coefficient (Wildman–Crippen LogP) is 1.83. The number of aromatic nitrogens is 4. The Kier molecular flexibility index (Phi) is 2.09. The van der Waals surface area contributed by atoms with Gasteiger partial charge in [-0.25, -0.2) is 15.0 Å². The van der Waals surface area contributed by atoms with Crippen molar-refractivity contribution in [3.8, 4) is 0 Å². The van der Waals surface area contributed by atoms with Crippen LogP contribution in [0.3, 0.4) is 0 Å². The first-order chi connectivity index (χ1) is 7.81. The molecule has 1 saturated carbocycles. The number of hydrogen-bond acceptors (Lipinski definition) is 4. The van der Waals surface area contributed by atoms with Crippen LogP contribution in [0.15, 0.2) is 24.9 Å². The maximum absolute atomic E-state index is 4.27. The fourth-order valence-corrected chi connectivity index (χ4v) is 1.65. The van der Waals surface area contributed by atoms with Crippen LogP contribution in [-0.2, 0) is 7.05 Å². The molecule has 2 aromatic heterocycles. The van der Waals surface area contributed by atoms with Crippen molar-refractivity contribution in [2.75, 3.05) is 5.32 Å². The van der Waals surface area contributed by atoms with Crippen LogP contribution in [0, 0.1) is 0 Å². The molecular weight excluding hydrogens is 202 g/mol. The van der Waals surface area contributed by atoms with Crippen LogP contribution in [0.2, 0.25) is 0 Å². The zero-order valence-electron chi connectivity index (χ0n) is 9.09. The summed E-state index contributed by atoms with van der Waals surface area (Å²) in [7, 11) is 1.94. The summed E-state index contributed by atoms with van der Waals surface area (Å²) in [6.07, 6.45) is 7.78. The number of aryl methyl sites for hydroxylation is 1. The minimum atomic E-state index is 0.646. The molecule has 0 unspecified atom stereocenters. The van der Waals surface area contributed by atoms with Crippen LogP contribution in [0.5, 0.6) is 0 Å². The van der Waals surface area contributed by atoms with Crippen LogP contribution in [0.4, 0.5) is 11.6 Å². The molecule has 5 heteroatoms. The van der Waals surface area contributed by atoms with Gasteiger partial charge in [-0.3, -0.25) is 0 Å². The third kappa shape index (κ3) is 1.88. The second-order valence-corrected chi connectivity index (χ2v) is 4.15. The normalized spacial score (nSPS) is 15.1. The highest BCUT2D eigenvalue weighted by Crippen LogP contribution is 2.39. The van der Waals surface area contributed by atoms with Crippen LogP contribution in [0.25, 0.3) is 0 Å². The largest absolute Gasteiger partial charge is 0.338 e. The van der Waals surface area contributed by atoms with Crippen molar-refractivity contribution in [1.82, 2.24) is 19.5 Å². The van der Waals surface area contributed by atoms with Gasteiger partial charge in [-0.05, 0) is 12.8 Å². The minimum absolute atomic E-state index is 0.646. The lowest BCUT2D eigenvalue weighted by atomic mass is 10.3. The Balaban J connectivity index is 1.81. The first-order valence-corrected chi connectivity index (χ1v) is 5.38. The van der Waals surface area contributed by atoms with E-state index in [0.717, 1.165) is 17.3 Å². The van der Waals surface area contributed by atoms with Gasteiger partial charge in [0.25, 0.3) is 0 Å². The quantitative estimate of drug-likeness (QED) is 0.848. The summed E-state index contributed by atoms with van der Waals surface area (Å²) in [5.41, 5.74) is 1.13. The summed E-state index contributed by atoms with van der Waals surface area (Å²) in [6, 6.07) is 2.01. The van der Waals surface area contributed by atoms with E-state index in [1.54, 1.807) is 12.7 Å². The number of nitrogens with zero attached hydrogens (tertiary/aromatic N) is 4. The minimum Gasteiger partial charge on any atom is -0.338 e. The predicted molar refractivity (Wildman–Crippen MR) is 60.5 cm³/mol. The van der Waals surface area contributed by atoms with Crippen molar-refractivity contribution < 1.29 is 0 Å². The highest BCUT2D eigenvalue weighted by Gasteiger charge is 2.25. The van der Waals surface area contributed by atoms with Gasteiger partial charge in [-0.2, -0.15) is 0 Å². The van der Waals surface area contributed by atoms with E-state index in [0.29, 0.717) is 5.92 Å². The van der Waals surface area contributed by atoms with E-state index in [1.807, 2.05) is 23.9 Å².